The van der Waals surface area contributed by atoms with Gasteiger partial charge in [0.25, 0.3) is 11.8 Å². The Kier molecular flexibility index (Phi) is 17.0. The number of unbranched alkanes of at least 4 members (excludes halogenated alkanes) is 1. The van der Waals surface area contributed by atoms with Gasteiger partial charge >= 0.3 is 0 Å². The molecule has 2 rings (SSSR count). The molecule has 21 heteroatoms. The summed E-state index contributed by atoms with van der Waals surface area (Å²) in [6.45, 7) is 7.21. The maximum Gasteiger partial charge on any atom is 0.253 e. The standard InChI is InChI=1S/C27H54N6O11P4/c1-45(37,38)20-29-13-14-30(21-46(2,39)40)17-18-32(23-48(4,43)44)24(19-31(16-15-29)22-47(3,41)42)7-5-6-11-28-25(34)10-12-33-26(35)8-9-27(33)36/h8-9,24H,5-7,10-23H2,1-4H3,(H,28,34)(H,37,38)(H,39,40)(H,41,42)(H,43,44)/t24-/m0/s1. The zero-order chi connectivity index (χ0) is 36.3. The van der Waals surface area contributed by atoms with Crippen molar-refractivity contribution >= 4 is 47.2 Å². The Morgan fingerprint density at radius 2 is 1.15 bits per heavy atom. The Labute approximate surface area is 283 Å². The third-order valence-electron chi connectivity index (χ3n) is 7.73. The fourth-order valence-electron chi connectivity index (χ4n) is 5.75. The second-order valence-electron chi connectivity index (χ2n) is 13.3. The quantitative estimate of drug-likeness (QED) is 0.0825. The SMILES string of the molecule is CP(=O)(O)CN1CCN(CP(C)(=O)O)CCN(CP(C)(=O)O)[C@@H](CCCCNC(=O)CCN2C(=O)C=CC2=O)CN(CP(C)(=O)O)CC1. The van der Waals surface area contributed by atoms with Crippen molar-refractivity contribution in [1.82, 2.24) is 29.8 Å². The molecule has 0 aromatic rings. The summed E-state index contributed by atoms with van der Waals surface area (Å²) in [5.74, 6) is -1.24. The van der Waals surface area contributed by atoms with Crippen molar-refractivity contribution in [3.8, 4) is 0 Å². The van der Waals surface area contributed by atoms with Crippen LogP contribution in [0.25, 0.3) is 0 Å². The molecule has 5 N–H and O–H groups in total. The first kappa shape index (κ1) is 43.1. The second-order valence-corrected chi connectivity index (χ2v) is 22.8. The summed E-state index contributed by atoms with van der Waals surface area (Å²) in [5.41, 5.74) is 0. The van der Waals surface area contributed by atoms with Gasteiger partial charge in [0.2, 0.25) is 35.4 Å². The van der Waals surface area contributed by atoms with E-state index in [9.17, 15) is 52.2 Å². The van der Waals surface area contributed by atoms with Crippen LogP contribution < -0.4 is 5.32 Å². The third kappa shape index (κ3) is 18.8. The van der Waals surface area contributed by atoms with Crippen LogP contribution in [0.1, 0.15) is 25.7 Å². The molecule has 2 aliphatic rings. The Hall–Kier alpha value is -1.05. The first-order chi connectivity index (χ1) is 22.0. The topological polar surface area (TPSA) is 229 Å². The Bertz CT molecular complexity index is 1310. The number of carbonyl (C=O) groups is 3. The zero-order valence-electron chi connectivity index (χ0n) is 28.4. The molecule has 0 aromatic carbocycles. The van der Waals surface area contributed by atoms with E-state index in [4.69, 9.17) is 0 Å². The van der Waals surface area contributed by atoms with Crippen molar-refractivity contribution in [1.29, 1.82) is 0 Å². The van der Waals surface area contributed by atoms with Gasteiger partial charge in [-0.3, -0.25) is 57.1 Å². The monoisotopic (exact) mass is 762 g/mol. The predicted octanol–water partition coefficient (Wildman–Crippen LogP) is 0.609. The van der Waals surface area contributed by atoms with Gasteiger partial charge in [0.05, 0.1) is 25.1 Å². The van der Waals surface area contributed by atoms with Crippen LogP contribution in [0.15, 0.2) is 12.2 Å². The summed E-state index contributed by atoms with van der Waals surface area (Å²) in [5, 5.41) is 2.78. The first-order valence-corrected chi connectivity index (χ1v) is 25.0. The van der Waals surface area contributed by atoms with Crippen LogP contribution in [0, 0.1) is 0 Å². The molecule has 0 bridgehead atoms. The highest BCUT2D eigenvalue weighted by Gasteiger charge is 2.30. The largest absolute Gasteiger partial charge is 0.356 e. The van der Waals surface area contributed by atoms with Crippen LogP contribution in [0.3, 0.4) is 0 Å². The second kappa shape index (κ2) is 19.0. The fraction of sp³-hybridized carbons (Fsp3) is 0.815. The molecule has 2 aliphatic heterocycles. The van der Waals surface area contributed by atoms with Gasteiger partial charge in [0.15, 0.2) is 0 Å². The molecule has 3 amide bonds. The van der Waals surface area contributed by atoms with Crippen molar-refractivity contribution < 1.29 is 52.2 Å². The molecule has 0 spiro atoms. The third-order valence-corrected chi connectivity index (χ3v) is 11.4. The number of carbonyl (C=O) groups excluding carboxylic acids is 3. The van der Waals surface area contributed by atoms with E-state index in [2.05, 4.69) is 5.32 Å². The lowest BCUT2D eigenvalue weighted by molar-refractivity contribution is -0.137. The first-order valence-electron chi connectivity index (χ1n) is 15.9. The van der Waals surface area contributed by atoms with Crippen molar-refractivity contribution in [3.63, 3.8) is 0 Å². The smallest absolute Gasteiger partial charge is 0.253 e. The number of amides is 3. The van der Waals surface area contributed by atoms with Crippen molar-refractivity contribution in [3.05, 3.63) is 12.2 Å². The molecule has 0 radical (unpaired) electrons. The molecule has 1 fully saturated rings. The average Bonchev–Trinajstić information content (AvgIpc) is 3.22. The van der Waals surface area contributed by atoms with E-state index >= 15 is 0 Å². The molecule has 0 aromatic heterocycles. The van der Waals surface area contributed by atoms with Gasteiger partial charge in [-0.25, -0.2) is 0 Å². The molecule has 278 valence electrons. The Morgan fingerprint density at radius 1 is 0.708 bits per heavy atom. The maximum atomic E-state index is 12.7. The van der Waals surface area contributed by atoms with E-state index in [-0.39, 0.29) is 82.8 Å². The van der Waals surface area contributed by atoms with Crippen LogP contribution in [-0.2, 0) is 32.6 Å². The van der Waals surface area contributed by atoms with Crippen molar-refractivity contribution in [2.45, 2.75) is 31.7 Å². The van der Waals surface area contributed by atoms with Crippen LogP contribution in [-0.4, -0.2) is 179 Å². The summed E-state index contributed by atoms with van der Waals surface area (Å²) >= 11 is 0. The highest BCUT2D eigenvalue weighted by atomic mass is 31.2. The molecule has 0 saturated carbocycles. The zero-order valence-corrected chi connectivity index (χ0v) is 32.0. The summed E-state index contributed by atoms with van der Waals surface area (Å²) in [7, 11) is -14.1. The number of nitrogens with one attached hydrogen (secondary N) is 1. The lowest BCUT2D eigenvalue weighted by atomic mass is 10.1. The van der Waals surface area contributed by atoms with Gasteiger partial charge in [-0.2, -0.15) is 0 Å². The van der Waals surface area contributed by atoms with Gasteiger partial charge in [-0.1, -0.05) is 6.42 Å². The number of nitrogens with zero attached hydrogens (tertiary/aromatic N) is 5. The average molecular weight is 763 g/mol. The van der Waals surface area contributed by atoms with E-state index in [1.165, 1.54) is 26.7 Å². The van der Waals surface area contributed by atoms with Crippen LogP contribution in [0.2, 0.25) is 0 Å². The molecule has 4 unspecified atom stereocenters. The molecular weight excluding hydrogens is 708 g/mol. The minimum Gasteiger partial charge on any atom is -0.356 e. The van der Waals surface area contributed by atoms with Crippen molar-refractivity contribution in [2.24, 2.45) is 0 Å². The number of hydrogen-bond donors (Lipinski definition) is 5. The molecule has 5 atom stereocenters. The summed E-state index contributed by atoms with van der Waals surface area (Å²) in [6, 6.07) is -0.375. The molecular formula is C27H54N6O11P4. The van der Waals surface area contributed by atoms with Gasteiger partial charge in [-0.15, -0.1) is 0 Å². The summed E-state index contributed by atoms with van der Waals surface area (Å²) in [4.78, 5) is 84.9. The molecule has 2 heterocycles. The van der Waals surface area contributed by atoms with Crippen LogP contribution in [0.4, 0.5) is 0 Å². The Balaban J connectivity index is 2.21. The molecule has 48 heavy (non-hydrogen) atoms. The highest BCUT2D eigenvalue weighted by molar-refractivity contribution is 7.57. The van der Waals surface area contributed by atoms with E-state index in [0.29, 0.717) is 38.9 Å². The van der Waals surface area contributed by atoms with E-state index < -0.39 is 41.3 Å². The minimum atomic E-state index is -3.59. The summed E-state index contributed by atoms with van der Waals surface area (Å²) < 4.78 is 50.0. The molecule has 1 saturated heterocycles. The molecule has 0 aliphatic carbocycles. The molecule has 17 nitrogen and oxygen atoms in total. The van der Waals surface area contributed by atoms with E-state index in [1.807, 2.05) is 4.90 Å². The normalized spacial score (nSPS) is 25.0. The van der Waals surface area contributed by atoms with E-state index in [0.717, 1.165) is 17.1 Å². The van der Waals surface area contributed by atoms with Crippen LogP contribution >= 0.6 is 29.5 Å². The van der Waals surface area contributed by atoms with Crippen molar-refractivity contribution in [2.75, 3.05) is 111 Å². The Morgan fingerprint density at radius 3 is 1.62 bits per heavy atom. The van der Waals surface area contributed by atoms with Crippen LogP contribution in [0.5, 0.6) is 0 Å². The van der Waals surface area contributed by atoms with Gasteiger partial charge in [-0.05, 0) is 12.8 Å². The number of imide groups is 1. The van der Waals surface area contributed by atoms with Gasteiger partial charge in [0.1, 0.15) is 0 Å². The maximum absolute atomic E-state index is 12.7. The number of hydrogen-bond acceptors (Lipinski definition) is 11. The lowest BCUT2D eigenvalue weighted by Crippen LogP contribution is -2.50. The fourth-order valence-corrected chi connectivity index (χ4v) is 9.85. The highest BCUT2D eigenvalue weighted by Crippen LogP contribution is 2.40. The van der Waals surface area contributed by atoms with Gasteiger partial charge in [0, 0.05) is 110 Å². The minimum absolute atomic E-state index is 0.0277. The number of rotatable bonds is 16. The lowest BCUT2D eigenvalue weighted by Gasteiger charge is -2.39. The van der Waals surface area contributed by atoms with Gasteiger partial charge < -0.3 is 24.9 Å². The predicted molar refractivity (Wildman–Crippen MR) is 185 cm³/mol. The van der Waals surface area contributed by atoms with E-state index in [1.54, 1.807) is 14.7 Å². The summed E-state index contributed by atoms with van der Waals surface area (Å²) in [6.07, 6.45) is 3.31.